The molecule has 1 heterocycles. The first-order valence-corrected chi connectivity index (χ1v) is 6.06. The van der Waals surface area contributed by atoms with Gasteiger partial charge in [0.25, 0.3) is 10.1 Å². The molecule has 0 amide bonds. The summed E-state index contributed by atoms with van der Waals surface area (Å²) in [5.41, 5.74) is 0. The first-order valence-electron chi connectivity index (χ1n) is 4.55. The molecule has 82 valence electrons. The van der Waals surface area contributed by atoms with Crippen LogP contribution in [0.25, 0.3) is 0 Å². The van der Waals surface area contributed by atoms with Crippen LogP contribution < -0.4 is 0 Å². The van der Waals surface area contributed by atoms with E-state index in [-0.39, 0.29) is 0 Å². The average Bonchev–Trinajstić information content (AvgIpc) is 2.45. The smallest absolute Gasteiger partial charge is 0.286 e. The molecule has 0 saturated carbocycles. The van der Waals surface area contributed by atoms with E-state index in [1.165, 1.54) is 0 Å². The van der Waals surface area contributed by atoms with Gasteiger partial charge in [0.2, 0.25) is 0 Å². The molecule has 5 nitrogen and oxygen atoms in total. The van der Waals surface area contributed by atoms with Crippen LogP contribution in [0.2, 0.25) is 0 Å². The van der Waals surface area contributed by atoms with Gasteiger partial charge in [-0.3, -0.25) is 4.55 Å². The minimum absolute atomic E-state index is 0.441. The molecule has 1 atom stereocenters. The molecule has 1 N–H and O–H groups in total. The Kier molecular flexibility index (Phi) is 3.38. The topological polar surface area (TPSA) is 60.9 Å². The van der Waals surface area contributed by atoms with Crippen molar-refractivity contribution in [3.05, 3.63) is 12.4 Å². The van der Waals surface area contributed by atoms with Gasteiger partial charge >= 0.3 is 0 Å². The SMILES string of the molecule is CCCC(N1C=CN(C)C1)S(=O)(=O)O. The maximum Gasteiger partial charge on any atom is 0.286 e. The van der Waals surface area contributed by atoms with E-state index in [1.54, 1.807) is 17.3 Å². The summed E-state index contributed by atoms with van der Waals surface area (Å²) in [6.07, 6.45) is 4.64. The number of nitrogens with zero attached hydrogens (tertiary/aromatic N) is 2. The fourth-order valence-corrected chi connectivity index (χ4v) is 2.48. The second kappa shape index (κ2) is 4.18. The van der Waals surface area contributed by atoms with Gasteiger partial charge in [0.1, 0.15) is 0 Å². The molecule has 0 aliphatic carbocycles. The fourth-order valence-electron chi connectivity index (χ4n) is 1.47. The monoisotopic (exact) mass is 220 g/mol. The zero-order valence-electron chi connectivity index (χ0n) is 8.42. The van der Waals surface area contributed by atoms with Gasteiger partial charge in [-0.1, -0.05) is 13.3 Å². The van der Waals surface area contributed by atoms with Crippen LogP contribution in [0.15, 0.2) is 12.4 Å². The molecule has 6 heteroatoms. The lowest BCUT2D eigenvalue weighted by atomic mass is 10.3. The quantitative estimate of drug-likeness (QED) is 0.706. The van der Waals surface area contributed by atoms with Crippen molar-refractivity contribution in [2.24, 2.45) is 0 Å². The maximum absolute atomic E-state index is 11.1. The Balaban J connectivity index is 2.75. The van der Waals surface area contributed by atoms with Crippen LogP contribution in [0, 0.1) is 0 Å². The molecule has 0 aromatic heterocycles. The van der Waals surface area contributed by atoms with E-state index in [0.717, 1.165) is 6.42 Å². The molecular weight excluding hydrogens is 204 g/mol. The van der Waals surface area contributed by atoms with Crippen molar-refractivity contribution < 1.29 is 13.0 Å². The van der Waals surface area contributed by atoms with Crippen LogP contribution in [0.5, 0.6) is 0 Å². The highest BCUT2D eigenvalue weighted by atomic mass is 32.2. The molecule has 1 aliphatic rings. The van der Waals surface area contributed by atoms with Crippen molar-refractivity contribution in [1.29, 1.82) is 0 Å². The Morgan fingerprint density at radius 1 is 1.50 bits per heavy atom. The van der Waals surface area contributed by atoms with Gasteiger partial charge in [-0.2, -0.15) is 8.42 Å². The zero-order chi connectivity index (χ0) is 10.8. The standard InChI is InChI=1S/C8H16N2O3S/c1-3-4-8(14(11,12)13)10-6-5-9(2)7-10/h5-6,8H,3-4,7H2,1-2H3,(H,11,12,13). The van der Waals surface area contributed by atoms with Crippen molar-refractivity contribution in [1.82, 2.24) is 9.80 Å². The van der Waals surface area contributed by atoms with E-state index in [0.29, 0.717) is 13.1 Å². The summed E-state index contributed by atoms with van der Waals surface area (Å²) >= 11 is 0. The highest BCUT2D eigenvalue weighted by molar-refractivity contribution is 7.86. The Hall–Kier alpha value is -0.750. The molecule has 14 heavy (non-hydrogen) atoms. The summed E-state index contributed by atoms with van der Waals surface area (Å²) < 4.78 is 31.2. The predicted octanol–water partition coefficient (Wildman–Crippen LogP) is 0.677. The summed E-state index contributed by atoms with van der Waals surface area (Å²) in [6.45, 7) is 2.39. The van der Waals surface area contributed by atoms with E-state index < -0.39 is 15.5 Å². The van der Waals surface area contributed by atoms with Crippen molar-refractivity contribution in [3.8, 4) is 0 Å². The number of hydrogen-bond donors (Lipinski definition) is 1. The summed E-state index contributed by atoms with van der Waals surface area (Å²) in [4.78, 5) is 3.48. The van der Waals surface area contributed by atoms with Crippen molar-refractivity contribution >= 4 is 10.1 Å². The van der Waals surface area contributed by atoms with Crippen LogP contribution in [-0.4, -0.2) is 41.9 Å². The van der Waals surface area contributed by atoms with E-state index in [2.05, 4.69) is 0 Å². The van der Waals surface area contributed by atoms with E-state index in [4.69, 9.17) is 4.55 Å². The lowest BCUT2D eigenvalue weighted by Gasteiger charge is -2.25. The molecule has 0 aromatic rings. The normalized spacial score (nSPS) is 19.1. The Bertz CT molecular complexity index is 313. The van der Waals surface area contributed by atoms with Gasteiger partial charge < -0.3 is 9.80 Å². The number of rotatable bonds is 4. The molecular formula is C8H16N2O3S. The largest absolute Gasteiger partial charge is 0.362 e. The molecule has 0 aromatic carbocycles. The van der Waals surface area contributed by atoms with Gasteiger partial charge in [-0.15, -0.1) is 0 Å². The first-order chi connectivity index (χ1) is 6.45. The molecule has 0 fully saturated rings. The van der Waals surface area contributed by atoms with E-state index in [1.807, 2.05) is 18.9 Å². The summed E-state index contributed by atoms with van der Waals surface area (Å²) in [5.74, 6) is 0. The predicted molar refractivity (Wildman–Crippen MR) is 53.9 cm³/mol. The first kappa shape index (κ1) is 11.3. The van der Waals surface area contributed by atoms with Gasteiger partial charge in [-0.25, -0.2) is 0 Å². The van der Waals surface area contributed by atoms with Crippen LogP contribution in [-0.2, 0) is 10.1 Å². The second-order valence-electron chi connectivity index (χ2n) is 3.47. The van der Waals surface area contributed by atoms with Crippen molar-refractivity contribution in [2.45, 2.75) is 25.1 Å². The highest BCUT2D eigenvalue weighted by Gasteiger charge is 2.29. The van der Waals surface area contributed by atoms with Gasteiger partial charge in [0.15, 0.2) is 5.37 Å². The van der Waals surface area contributed by atoms with E-state index in [9.17, 15) is 8.42 Å². The van der Waals surface area contributed by atoms with Gasteiger partial charge in [-0.05, 0) is 6.42 Å². The molecule has 0 spiro atoms. The van der Waals surface area contributed by atoms with Crippen molar-refractivity contribution in [3.63, 3.8) is 0 Å². The summed E-state index contributed by atoms with van der Waals surface area (Å²) in [5, 5.41) is -0.811. The fraction of sp³-hybridized carbons (Fsp3) is 0.750. The molecule has 0 saturated heterocycles. The van der Waals surface area contributed by atoms with Crippen LogP contribution in [0.4, 0.5) is 0 Å². The van der Waals surface area contributed by atoms with E-state index >= 15 is 0 Å². The summed E-state index contributed by atoms with van der Waals surface area (Å²) in [6, 6.07) is 0. The number of hydrogen-bond acceptors (Lipinski definition) is 4. The molecule has 1 unspecified atom stereocenters. The maximum atomic E-state index is 11.1. The molecule has 1 rings (SSSR count). The zero-order valence-corrected chi connectivity index (χ0v) is 9.24. The van der Waals surface area contributed by atoms with Crippen LogP contribution >= 0.6 is 0 Å². The van der Waals surface area contributed by atoms with Crippen LogP contribution in [0.1, 0.15) is 19.8 Å². The minimum Gasteiger partial charge on any atom is -0.362 e. The lowest BCUT2D eigenvalue weighted by Crippen LogP contribution is -2.38. The highest BCUT2D eigenvalue weighted by Crippen LogP contribution is 2.17. The van der Waals surface area contributed by atoms with Crippen LogP contribution in [0.3, 0.4) is 0 Å². The van der Waals surface area contributed by atoms with Crippen molar-refractivity contribution in [2.75, 3.05) is 13.7 Å². The average molecular weight is 220 g/mol. The molecule has 0 radical (unpaired) electrons. The van der Waals surface area contributed by atoms with Gasteiger partial charge in [0.05, 0.1) is 6.67 Å². The molecule has 0 bridgehead atoms. The minimum atomic E-state index is -3.99. The summed E-state index contributed by atoms with van der Waals surface area (Å²) in [7, 11) is -2.14. The Morgan fingerprint density at radius 2 is 2.14 bits per heavy atom. The second-order valence-corrected chi connectivity index (χ2v) is 5.04. The lowest BCUT2D eigenvalue weighted by molar-refractivity contribution is 0.255. The molecule has 1 aliphatic heterocycles. The third kappa shape index (κ3) is 2.62. The Labute approximate surface area is 84.7 Å². The third-order valence-corrected chi connectivity index (χ3v) is 3.34. The third-order valence-electron chi connectivity index (χ3n) is 2.15. The Morgan fingerprint density at radius 3 is 2.50 bits per heavy atom. The van der Waals surface area contributed by atoms with Gasteiger partial charge in [0, 0.05) is 19.4 Å².